The third kappa shape index (κ3) is 5.17. The van der Waals surface area contributed by atoms with Crippen LogP contribution in [0.1, 0.15) is 25.3 Å². The lowest BCUT2D eigenvalue weighted by molar-refractivity contribution is -0.137. The zero-order chi connectivity index (χ0) is 15.1. The molecule has 0 aliphatic carbocycles. The molecule has 0 fully saturated rings. The van der Waals surface area contributed by atoms with Crippen LogP contribution in [-0.2, 0) is 4.79 Å². The number of rotatable bonds is 6. The zero-order valence-corrected chi connectivity index (χ0v) is 11.9. The molecule has 0 spiro atoms. The predicted octanol–water partition coefficient (Wildman–Crippen LogP) is 2.38. The first-order valence-corrected chi connectivity index (χ1v) is 6.36. The highest BCUT2D eigenvalue weighted by atomic mass is 16.5. The van der Waals surface area contributed by atoms with Gasteiger partial charge in [0.1, 0.15) is 5.75 Å². The van der Waals surface area contributed by atoms with Crippen LogP contribution in [0.5, 0.6) is 5.75 Å². The van der Waals surface area contributed by atoms with Crippen molar-refractivity contribution < 1.29 is 19.4 Å². The Morgan fingerprint density at radius 1 is 1.40 bits per heavy atom. The van der Waals surface area contributed by atoms with Crippen LogP contribution >= 0.6 is 0 Å². The van der Waals surface area contributed by atoms with Crippen molar-refractivity contribution in [2.24, 2.45) is 0 Å². The molecule has 0 saturated heterocycles. The van der Waals surface area contributed by atoms with Crippen molar-refractivity contribution >= 4 is 17.7 Å². The van der Waals surface area contributed by atoms with E-state index in [9.17, 15) is 9.59 Å². The normalized spacial score (nSPS) is 11.6. The number of benzene rings is 1. The topological polar surface area (TPSA) is 87.7 Å². The molecule has 0 saturated carbocycles. The second kappa shape index (κ2) is 7.37. The maximum absolute atomic E-state index is 11.8. The van der Waals surface area contributed by atoms with Gasteiger partial charge >= 0.3 is 12.0 Å². The van der Waals surface area contributed by atoms with Crippen LogP contribution in [0.2, 0.25) is 0 Å². The average molecular weight is 280 g/mol. The molecule has 6 nitrogen and oxygen atoms in total. The summed E-state index contributed by atoms with van der Waals surface area (Å²) < 4.78 is 5.16. The van der Waals surface area contributed by atoms with Crippen LogP contribution < -0.4 is 15.4 Å². The lowest BCUT2D eigenvalue weighted by Gasteiger charge is -2.15. The van der Waals surface area contributed by atoms with E-state index in [0.717, 1.165) is 5.56 Å². The van der Waals surface area contributed by atoms with E-state index >= 15 is 0 Å². The maximum atomic E-state index is 11.8. The second-order valence-electron chi connectivity index (χ2n) is 4.64. The molecule has 20 heavy (non-hydrogen) atoms. The summed E-state index contributed by atoms with van der Waals surface area (Å²) >= 11 is 0. The van der Waals surface area contributed by atoms with E-state index in [1.165, 1.54) is 7.11 Å². The van der Waals surface area contributed by atoms with Crippen molar-refractivity contribution in [3.8, 4) is 5.75 Å². The van der Waals surface area contributed by atoms with Crippen LogP contribution in [0.15, 0.2) is 18.2 Å². The van der Waals surface area contributed by atoms with Gasteiger partial charge in [-0.3, -0.25) is 4.79 Å². The molecule has 6 heteroatoms. The minimum absolute atomic E-state index is 0.0230. The minimum atomic E-state index is -0.876. The largest absolute Gasteiger partial charge is 0.495 e. The summed E-state index contributed by atoms with van der Waals surface area (Å²) in [6.07, 6.45) is 0.406. The lowest BCUT2D eigenvalue weighted by Crippen LogP contribution is -2.36. The standard InChI is InChI=1S/C14H20N2O4/c1-9-4-6-12(20-3)11(8-9)16-14(19)15-10(2)5-7-13(17)18/h4,6,8,10H,5,7H2,1-3H3,(H,17,18)(H2,15,16,19). The number of aliphatic carboxylic acids is 1. The Bertz CT molecular complexity index is 488. The Hall–Kier alpha value is -2.24. The molecule has 0 bridgehead atoms. The summed E-state index contributed by atoms with van der Waals surface area (Å²) in [5.74, 6) is -0.302. The SMILES string of the molecule is COc1ccc(C)cc1NC(=O)NC(C)CCC(=O)O. The molecule has 0 aliphatic rings. The van der Waals surface area contributed by atoms with Gasteiger partial charge < -0.3 is 20.5 Å². The van der Waals surface area contributed by atoms with E-state index in [1.54, 1.807) is 19.1 Å². The highest BCUT2D eigenvalue weighted by molar-refractivity contribution is 5.91. The second-order valence-corrected chi connectivity index (χ2v) is 4.64. The molecule has 1 aromatic carbocycles. The summed E-state index contributed by atoms with van der Waals surface area (Å²) in [5.41, 5.74) is 1.58. The van der Waals surface area contributed by atoms with Crippen molar-refractivity contribution in [1.29, 1.82) is 0 Å². The van der Waals surface area contributed by atoms with Gasteiger partial charge in [0, 0.05) is 12.5 Å². The molecule has 1 atom stereocenters. The molecule has 110 valence electrons. The lowest BCUT2D eigenvalue weighted by atomic mass is 10.2. The Morgan fingerprint density at radius 3 is 2.70 bits per heavy atom. The van der Waals surface area contributed by atoms with E-state index in [1.807, 2.05) is 13.0 Å². The smallest absolute Gasteiger partial charge is 0.319 e. The van der Waals surface area contributed by atoms with Crippen LogP contribution in [0, 0.1) is 6.92 Å². The first-order valence-electron chi connectivity index (χ1n) is 6.36. The Labute approximate surface area is 118 Å². The van der Waals surface area contributed by atoms with Crippen molar-refractivity contribution in [3.63, 3.8) is 0 Å². The van der Waals surface area contributed by atoms with Crippen molar-refractivity contribution in [3.05, 3.63) is 23.8 Å². The number of hydrogen-bond acceptors (Lipinski definition) is 3. The van der Waals surface area contributed by atoms with Gasteiger partial charge in [-0.2, -0.15) is 0 Å². The van der Waals surface area contributed by atoms with Crippen molar-refractivity contribution in [2.75, 3.05) is 12.4 Å². The fourth-order valence-electron chi connectivity index (χ4n) is 1.71. The molecule has 2 amide bonds. The minimum Gasteiger partial charge on any atom is -0.495 e. The Balaban J connectivity index is 2.57. The molecule has 1 rings (SSSR count). The number of nitrogens with one attached hydrogen (secondary N) is 2. The Kier molecular flexibility index (Phi) is 5.83. The van der Waals surface area contributed by atoms with E-state index in [-0.39, 0.29) is 18.5 Å². The van der Waals surface area contributed by atoms with Gasteiger partial charge in [0.2, 0.25) is 0 Å². The molecular formula is C14H20N2O4. The molecule has 0 aliphatic heterocycles. The maximum Gasteiger partial charge on any atom is 0.319 e. The van der Waals surface area contributed by atoms with E-state index < -0.39 is 5.97 Å². The summed E-state index contributed by atoms with van der Waals surface area (Å²) in [4.78, 5) is 22.3. The number of aryl methyl sites for hydroxylation is 1. The zero-order valence-electron chi connectivity index (χ0n) is 11.9. The third-order valence-electron chi connectivity index (χ3n) is 2.77. The van der Waals surface area contributed by atoms with Crippen molar-refractivity contribution in [2.45, 2.75) is 32.7 Å². The number of carboxylic acids is 1. The number of methoxy groups -OCH3 is 1. The number of carbonyl (C=O) groups excluding carboxylic acids is 1. The number of carbonyl (C=O) groups is 2. The summed E-state index contributed by atoms with van der Waals surface area (Å²) in [7, 11) is 1.53. The van der Waals surface area contributed by atoms with Gasteiger partial charge in [0.05, 0.1) is 12.8 Å². The molecule has 3 N–H and O–H groups in total. The van der Waals surface area contributed by atoms with Gasteiger partial charge in [-0.05, 0) is 38.0 Å². The summed E-state index contributed by atoms with van der Waals surface area (Å²) in [6, 6.07) is 4.87. The third-order valence-corrected chi connectivity index (χ3v) is 2.77. The van der Waals surface area contributed by atoms with Crippen LogP contribution in [0.3, 0.4) is 0 Å². The fourth-order valence-corrected chi connectivity index (χ4v) is 1.71. The predicted molar refractivity (Wildman–Crippen MR) is 76.2 cm³/mol. The average Bonchev–Trinajstić information content (AvgIpc) is 2.36. The number of anilines is 1. The molecule has 0 aromatic heterocycles. The van der Waals surface area contributed by atoms with Gasteiger partial charge in [0.15, 0.2) is 0 Å². The summed E-state index contributed by atoms with van der Waals surface area (Å²) in [6.45, 7) is 3.67. The van der Waals surface area contributed by atoms with Gasteiger partial charge in [-0.15, -0.1) is 0 Å². The van der Waals surface area contributed by atoms with Crippen LogP contribution in [0.4, 0.5) is 10.5 Å². The first kappa shape index (κ1) is 15.8. The number of ether oxygens (including phenoxy) is 1. The fraction of sp³-hybridized carbons (Fsp3) is 0.429. The van der Waals surface area contributed by atoms with Crippen molar-refractivity contribution in [1.82, 2.24) is 5.32 Å². The van der Waals surface area contributed by atoms with E-state index in [0.29, 0.717) is 17.9 Å². The first-order chi connectivity index (χ1) is 9.42. The molecule has 1 aromatic rings. The van der Waals surface area contributed by atoms with Gasteiger partial charge in [0.25, 0.3) is 0 Å². The molecular weight excluding hydrogens is 260 g/mol. The summed E-state index contributed by atoms with van der Waals surface area (Å²) in [5, 5.41) is 14.0. The van der Waals surface area contributed by atoms with Crippen LogP contribution in [-0.4, -0.2) is 30.3 Å². The molecule has 0 heterocycles. The highest BCUT2D eigenvalue weighted by Crippen LogP contribution is 2.24. The monoisotopic (exact) mass is 280 g/mol. The number of carboxylic acid groups (broad SMARTS) is 1. The Morgan fingerprint density at radius 2 is 2.10 bits per heavy atom. The van der Waals surface area contributed by atoms with Gasteiger partial charge in [-0.25, -0.2) is 4.79 Å². The van der Waals surface area contributed by atoms with E-state index in [2.05, 4.69) is 10.6 Å². The van der Waals surface area contributed by atoms with E-state index in [4.69, 9.17) is 9.84 Å². The molecule has 1 unspecified atom stereocenters. The quantitative estimate of drug-likeness (QED) is 0.746. The number of hydrogen-bond donors (Lipinski definition) is 3. The van der Waals surface area contributed by atoms with Gasteiger partial charge in [-0.1, -0.05) is 6.07 Å². The number of urea groups is 1. The van der Waals surface area contributed by atoms with Crippen LogP contribution in [0.25, 0.3) is 0 Å². The number of amides is 2. The highest BCUT2D eigenvalue weighted by Gasteiger charge is 2.11. The molecule has 0 radical (unpaired) electrons.